The second kappa shape index (κ2) is 3.95. The van der Waals surface area contributed by atoms with Gasteiger partial charge in [-0.2, -0.15) is 10.1 Å². The zero-order valence-corrected chi connectivity index (χ0v) is 10.8. The third kappa shape index (κ3) is 1.88. The van der Waals surface area contributed by atoms with Crippen LogP contribution in [0.2, 0.25) is 0 Å². The summed E-state index contributed by atoms with van der Waals surface area (Å²) in [6, 6.07) is 2.05. The average Bonchev–Trinajstić information content (AvgIpc) is 2.84. The number of nitrogens with one attached hydrogen (secondary N) is 1. The molecule has 0 amide bonds. The zero-order valence-electron chi connectivity index (χ0n) is 10.0. The van der Waals surface area contributed by atoms with Gasteiger partial charge in [0.15, 0.2) is 0 Å². The number of thiophene rings is 1. The molecule has 3 aromatic heterocycles. The van der Waals surface area contributed by atoms with Gasteiger partial charge in [0.25, 0.3) is 0 Å². The summed E-state index contributed by atoms with van der Waals surface area (Å²) in [6.07, 6.45) is 3.62. The molecule has 3 heterocycles. The molecular formula is C11H12N6S. The van der Waals surface area contributed by atoms with Crippen LogP contribution in [-0.2, 0) is 7.05 Å². The lowest BCUT2D eigenvalue weighted by Crippen LogP contribution is -1.99. The summed E-state index contributed by atoms with van der Waals surface area (Å²) in [6.45, 7) is 2.04. The number of fused-ring (bicyclic) bond motifs is 1. The first-order valence-corrected chi connectivity index (χ1v) is 6.23. The van der Waals surface area contributed by atoms with Gasteiger partial charge in [-0.05, 0) is 13.0 Å². The van der Waals surface area contributed by atoms with Crippen molar-refractivity contribution in [1.29, 1.82) is 0 Å². The SMILES string of the molecule is Cc1cc2c(Nc3cnn(C)c3)nc(N)nc2s1. The van der Waals surface area contributed by atoms with Crippen molar-refractivity contribution >= 4 is 39.0 Å². The van der Waals surface area contributed by atoms with Gasteiger partial charge < -0.3 is 11.1 Å². The van der Waals surface area contributed by atoms with E-state index in [0.717, 1.165) is 21.7 Å². The largest absolute Gasteiger partial charge is 0.368 e. The van der Waals surface area contributed by atoms with E-state index in [2.05, 4.69) is 26.4 Å². The van der Waals surface area contributed by atoms with Crippen LogP contribution in [0.4, 0.5) is 17.5 Å². The minimum absolute atomic E-state index is 0.274. The molecule has 92 valence electrons. The number of nitrogens with zero attached hydrogens (tertiary/aromatic N) is 4. The molecule has 3 rings (SSSR count). The van der Waals surface area contributed by atoms with Crippen molar-refractivity contribution in [1.82, 2.24) is 19.7 Å². The molecule has 6 nitrogen and oxygen atoms in total. The van der Waals surface area contributed by atoms with Crippen molar-refractivity contribution in [2.24, 2.45) is 7.05 Å². The predicted octanol–water partition coefficient (Wildman–Crippen LogP) is 2.06. The monoisotopic (exact) mass is 260 g/mol. The molecule has 18 heavy (non-hydrogen) atoms. The van der Waals surface area contributed by atoms with E-state index in [4.69, 9.17) is 5.73 Å². The standard InChI is InChI=1S/C11H12N6S/c1-6-3-8-9(14-7-4-13-17(2)5-7)15-11(12)16-10(8)18-6/h3-5H,1-2H3,(H3,12,14,15,16). The predicted molar refractivity (Wildman–Crippen MR) is 73.1 cm³/mol. The van der Waals surface area contributed by atoms with Gasteiger partial charge in [-0.3, -0.25) is 4.68 Å². The van der Waals surface area contributed by atoms with E-state index in [1.165, 1.54) is 4.88 Å². The van der Waals surface area contributed by atoms with Crippen LogP contribution in [0.5, 0.6) is 0 Å². The number of nitrogen functional groups attached to an aromatic ring is 1. The quantitative estimate of drug-likeness (QED) is 0.737. The molecule has 0 saturated heterocycles. The van der Waals surface area contributed by atoms with E-state index in [1.54, 1.807) is 22.2 Å². The maximum atomic E-state index is 5.72. The molecule has 0 aliphatic rings. The maximum Gasteiger partial charge on any atom is 0.223 e. The molecule has 0 bridgehead atoms. The number of nitrogens with two attached hydrogens (primary N) is 1. The molecule has 0 unspecified atom stereocenters. The zero-order chi connectivity index (χ0) is 12.7. The third-order valence-corrected chi connectivity index (χ3v) is 3.45. The highest BCUT2D eigenvalue weighted by Gasteiger charge is 2.10. The lowest BCUT2D eigenvalue weighted by Gasteiger charge is -2.04. The molecule has 3 N–H and O–H groups in total. The molecule has 0 aromatic carbocycles. The molecule has 0 saturated carbocycles. The number of anilines is 3. The highest BCUT2D eigenvalue weighted by molar-refractivity contribution is 7.18. The van der Waals surface area contributed by atoms with Gasteiger partial charge in [0, 0.05) is 18.1 Å². The number of hydrogen-bond donors (Lipinski definition) is 2. The van der Waals surface area contributed by atoms with Gasteiger partial charge >= 0.3 is 0 Å². The lowest BCUT2D eigenvalue weighted by molar-refractivity contribution is 0.768. The van der Waals surface area contributed by atoms with Gasteiger partial charge in [-0.15, -0.1) is 11.3 Å². The van der Waals surface area contributed by atoms with Crippen LogP contribution in [0.15, 0.2) is 18.5 Å². The van der Waals surface area contributed by atoms with Crippen LogP contribution in [0.3, 0.4) is 0 Å². The summed E-state index contributed by atoms with van der Waals surface area (Å²) in [7, 11) is 1.86. The van der Waals surface area contributed by atoms with Gasteiger partial charge in [-0.1, -0.05) is 0 Å². The van der Waals surface area contributed by atoms with Crippen LogP contribution >= 0.6 is 11.3 Å². The minimum atomic E-state index is 0.274. The summed E-state index contributed by atoms with van der Waals surface area (Å²) in [5.41, 5.74) is 6.59. The Kier molecular flexibility index (Phi) is 2.41. The Balaban J connectivity index is 2.10. The number of rotatable bonds is 2. The van der Waals surface area contributed by atoms with E-state index in [1.807, 2.05) is 20.2 Å². The van der Waals surface area contributed by atoms with Crippen LogP contribution < -0.4 is 11.1 Å². The van der Waals surface area contributed by atoms with E-state index >= 15 is 0 Å². The van der Waals surface area contributed by atoms with Crippen LogP contribution in [0, 0.1) is 6.92 Å². The van der Waals surface area contributed by atoms with E-state index < -0.39 is 0 Å². The molecule has 0 radical (unpaired) electrons. The van der Waals surface area contributed by atoms with Crippen molar-refractivity contribution in [2.45, 2.75) is 6.92 Å². The topological polar surface area (TPSA) is 81.7 Å². The Morgan fingerprint density at radius 1 is 1.39 bits per heavy atom. The van der Waals surface area contributed by atoms with Crippen molar-refractivity contribution in [2.75, 3.05) is 11.1 Å². The molecular weight excluding hydrogens is 248 g/mol. The fraction of sp³-hybridized carbons (Fsp3) is 0.182. The van der Waals surface area contributed by atoms with Crippen molar-refractivity contribution in [3.05, 3.63) is 23.3 Å². The summed E-state index contributed by atoms with van der Waals surface area (Å²) >= 11 is 1.60. The van der Waals surface area contributed by atoms with Gasteiger partial charge in [0.1, 0.15) is 10.6 Å². The van der Waals surface area contributed by atoms with Crippen LogP contribution in [0.1, 0.15) is 4.88 Å². The average molecular weight is 260 g/mol. The Labute approximate surface area is 107 Å². The lowest BCUT2D eigenvalue weighted by atomic mass is 10.3. The van der Waals surface area contributed by atoms with E-state index in [9.17, 15) is 0 Å². The van der Waals surface area contributed by atoms with Crippen molar-refractivity contribution in [3.8, 4) is 0 Å². The Morgan fingerprint density at radius 2 is 2.22 bits per heavy atom. The fourth-order valence-electron chi connectivity index (χ4n) is 1.78. The summed E-state index contributed by atoms with van der Waals surface area (Å²) < 4.78 is 1.73. The summed E-state index contributed by atoms with van der Waals surface area (Å²) in [5.74, 6) is 0.991. The third-order valence-electron chi connectivity index (χ3n) is 2.50. The van der Waals surface area contributed by atoms with Crippen molar-refractivity contribution < 1.29 is 0 Å². The number of hydrogen-bond acceptors (Lipinski definition) is 6. The fourth-order valence-corrected chi connectivity index (χ4v) is 2.66. The molecule has 3 aromatic rings. The van der Waals surface area contributed by atoms with Crippen molar-refractivity contribution in [3.63, 3.8) is 0 Å². The molecule has 0 aliphatic heterocycles. The molecule has 0 atom stereocenters. The smallest absolute Gasteiger partial charge is 0.223 e. The van der Waals surface area contributed by atoms with E-state index in [0.29, 0.717) is 0 Å². The molecule has 0 aliphatic carbocycles. The highest BCUT2D eigenvalue weighted by Crippen LogP contribution is 2.30. The van der Waals surface area contributed by atoms with Crippen LogP contribution in [-0.4, -0.2) is 19.7 Å². The Hall–Kier alpha value is -2.15. The number of aryl methyl sites for hydroxylation is 2. The Bertz CT molecular complexity index is 713. The van der Waals surface area contributed by atoms with Gasteiger partial charge in [0.2, 0.25) is 5.95 Å². The molecule has 7 heteroatoms. The molecule has 0 fully saturated rings. The highest BCUT2D eigenvalue weighted by atomic mass is 32.1. The first kappa shape index (κ1) is 11.0. The van der Waals surface area contributed by atoms with Gasteiger partial charge in [0.05, 0.1) is 17.3 Å². The van der Waals surface area contributed by atoms with Gasteiger partial charge in [-0.25, -0.2) is 4.98 Å². The first-order chi connectivity index (χ1) is 8.61. The minimum Gasteiger partial charge on any atom is -0.368 e. The summed E-state index contributed by atoms with van der Waals surface area (Å²) in [4.78, 5) is 10.5. The first-order valence-electron chi connectivity index (χ1n) is 5.41. The van der Waals surface area contributed by atoms with Crippen LogP contribution in [0.25, 0.3) is 10.2 Å². The normalized spacial score (nSPS) is 11.0. The molecule has 0 spiro atoms. The second-order valence-electron chi connectivity index (χ2n) is 4.03. The van der Waals surface area contributed by atoms with E-state index in [-0.39, 0.29) is 5.95 Å². The Morgan fingerprint density at radius 3 is 2.94 bits per heavy atom. The second-order valence-corrected chi connectivity index (χ2v) is 5.27. The number of aromatic nitrogens is 4. The maximum absolute atomic E-state index is 5.72. The summed E-state index contributed by atoms with van der Waals surface area (Å²) in [5, 5.41) is 8.30.